The van der Waals surface area contributed by atoms with E-state index in [2.05, 4.69) is 0 Å². The number of fused-ring (bicyclic) bond motifs is 1. The number of aromatic hydroxyl groups is 1. The van der Waals surface area contributed by atoms with Gasteiger partial charge in [-0.2, -0.15) is 0 Å². The molecule has 0 bridgehead atoms. The summed E-state index contributed by atoms with van der Waals surface area (Å²) in [6.45, 7) is 4.50. The van der Waals surface area contributed by atoms with Crippen molar-refractivity contribution in [2.75, 3.05) is 0 Å². The third-order valence-electron chi connectivity index (χ3n) is 4.45. The van der Waals surface area contributed by atoms with E-state index in [0.29, 0.717) is 0 Å². The fraction of sp³-hybridized carbons (Fsp3) is 0.261. The van der Waals surface area contributed by atoms with E-state index in [9.17, 15) is 29.1 Å². The minimum Gasteiger partial charge on any atom is -0.504 e. The van der Waals surface area contributed by atoms with Crippen LogP contribution >= 0.6 is 0 Å². The molecule has 1 heterocycles. The van der Waals surface area contributed by atoms with Crippen LogP contribution in [0.2, 0.25) is 0 Å². The maximum Gasteiger partial charge on any atom is 0.308 e. The van der Waals surface area contributed by atoms with Crippen molar-refractivity contribution in [3.63, 3.8) is 0 Å². The lowest BCUT2D eigenvalue weighted by atomic mass is 9.92. The molecule has 3 rings (SSSR count). The van der Waals surface area contributed by atoms with Crippen molar-refractivity contribution in [2.24, 2.45) is 0 Å². The van der Waals surface area contributed by atoms with E-state index in [0.717, 1.165) is 33.8 Å². The van der Waals surface area contributed by atoms with Crippen LogP contribution in [0.5, 0.6) is 28.7 Å². The van der Waals surface area contributed by atoms with Crippen LogP contribution in [-0.2, 0) is 23.9 Å². The molecule has 1 N–H and O–H groups in total. The monoisotopic (exact) mass is 472 g/mol. The Morgan fingerprint density at radius 3 is 2.03 bits per heavy atom. The van der Waals surface area contributed by atoms with Crippen LogP contribution in [0.15, 0.2) is 30.3 Å². The lowest BCUT2D eigenvalue weighted by Crippen LogP contribution is -2.40. The Morgan fingerprint density at radius 2 is 1.44 bits per heavy atom. The van der Waals surface area contributed by atoms with Gasteiger partial charge in [-0.05, 0) is 12.1 Å². The second kappa shape index (κ2) is 9.61. The van der Waals surface area contributed by atoms with Crippen LogP contribution < -0.4 is 18.9 Å². The van der Waals surface area contributed by atoms with Crippen molar-refractivity contribution in [1.29, 1.82) is 0 Å². The number of phenolic OH excluding ortho intramolecular Hbond substituents is 1. The Balaban J connectivity index is 2.17. The van der Waals surface area contributed by atoms with Gasteiger partial charge in [-0.15, -0.1) is 0 Å². The first-order chi connectivity index (χ1) is 16.0. The number of benzene rings is 2. The molecule has 34 heavy (non-hydrogen) atoms. The van der Waals surface area contributed by atoms with Gasteiger partial charge in [-0.1, -0.05) is 6.07 Å². The first-order valence-electron chi connectivity index (χ1n) is 9.90. The van der Waals surface area contributed by atoms with E-state index in [-0.39, 0.29) is 39.9 Å². The maximum atomic E-state index is 13.4. The molecule has 0 radical (unpaired) electrons. The summed E-state index contributed by atoms with van der Waals surface area (Å²) in [5.74, 6) is -4.67. The van der Waals surface area contributed by atoms with E-state index in [4.69, 9.17) is 23.7 Å². The zero-order valence-corrected chi connectivity index (χ0v) is 18.6. The minimum atomic E-state index is -1.52. The summed E-state index contributed by atoms with van der Waals surface area (Å²) in [5, 5.41) is 9.98. The van der Waals surface area contributed by atoms with Crippen LogP contribution in [0.1, 0.15) is 49.7 Å². The third kappa shape index (κ3) is 5.31. The number of rotatable bonds is 5. The number of esters is 4. The number of carbonyl (C=O) groups is 5. The van der Waals surface area contributed by atoms with Gasteiger partial charge in [0, 0.05) is 45.4 Å². The largest absolute Gasteiger partial charge is 0.504 e. The van der Waals surface area contributed by atoms with Gasteiger partial charge < -0.3 is 28.8 Å². The summed E-state index contributed by atoms with van der Waals surface area (Å²) >= 11 is 0. The summed E-state index contributed by atoms with van der Waals surface area (Å²) in [6.07, 6.45) is -2.77. The summed E-state index contributed by atoms with van der Waals surface area (Å²) in [6, 6.07) is 6.24. The van der Waals surface area contributed by atoms with Crippen LogP contribution in [0.3, 0.4) is 0 Å². The number of hydrogen-bond donors (Lipinski definition) is 1. The van der Waals surface area contributed by atoms with Gasteiger partial charge in [-0.25, -0.2) is 0 Å². The molecule has 11 heteroatoms. The molecule has 2 aromatic rings. The molecule has 0 unspecified atom stereocenters. The van der Waals surface area contributed by atoms with Crippen LogP contribution in [-0.4, -0.2) is 40.9 Å². The fourth-order valence-corrected chi connectivity index (χ4v) is 3.32. The molecule has 1 aliphatic heterocycles. The summed E-state index contributed by atoms with van der Waals surface area (Å²) < 4.78 is 26.3. The topological polar surface area (TPSA) is 152 Å². The Morgan fingerprint density at radius 1 is 0.824 bits per heavy atom. The Kier molecular flexibility index (Phi) is 6.85. The molecule has 0 aliphatic carbocycles. The SMILES string of the molecule is CC(=O)Oc1cc(OC(C)=O)c2c(c1)O[C@H](c1ccc(O)c(OC(C)=O)c1)[C@@H](OC(C)=O)C2=O. The zero-order valence-electron chi connectivity index (χ0n) is 18.6. The average Bonchev–Trinajstić information content (AvgIpc) is 2.69. The number of Topliss-reactive ketones (excluding diaryl/α,β-unsaturated/α-hetero) is 1. The number of hydrogen-bond acceptors (Lipinski definition) is 11. The Labute approximate surface area is 193 Å². The summed E-state index contributed by atoms with van der Waals surface area (Å²) in [7, 11) is 0. The van der Waals surface area contributed by atoms with Gasteiger partial charge in [0.15, 0.2) is 17.6 Å². The molecular weight excluding hydrogens is 452 g/mol. The van der Waals surface area contributed by atoms with Gasteiger partial charge in [-0.3, -0.25) is 24.0 Å². The molecule has 0 spiro atoms. The molecule has 0 fully saturated rings. The van der Waals surface area contributed by atoms with Gasteiger partial charge in [0.25, 0.3) is 0 Å². The van der Waals surface area contributed by atoms with E-state index in [1.165, 1.54) is 24.3 Å². The number of carbonyl (C=O) groups excluding carboxylic acids is 5. The van der Waals surface area contributed by atoms with E-state index < -0.39 is 41.9 Å². The highest BCUT2D eigenvalue weighted by Gasteiger charge is 2.43. The molecule has 0 saturated heterocycles. The summed E-state index contributed by atoms with van der Waals surface area (Å²) in [4.78, 5) is 59.6. The quantitative estimate of drug-likeness (QED) is 0.504. The van der Waals surface area contributed by atoms with Crippen LogP contribution in [0.4, 0.5) is 0 Å². The van der Waals surface area contributed by atoms with E-state index in [1.54, 1.807) is 0 Å². The van der Waals surface area contributed by atoms with Gasteiger partial charge in [0.05, 0.1) is 0 Å². The predicted molar refractivity (Wildman–Crippen MR) is 112 cm³/mol. The van der Waals surface area contributed by atoms with E-state index in [1.807, 2.05) is 0 Å². The molecule has 2 atom stereocenters. The average molecular weight is 472 g/mol. The Bertz CT molecular complexity index is 1200. The summed E-state index contributed by atoms with van der Waals surface area (Å²) in [5.41, 5.74) is 0.0128. The highest BCUT2D eigenvalue weighted by atomic mass is 16.6. The molecule has 0 amide bonds. The third-order valence-corrected chi connectivity index (χ3v) is 4.45. The lowest BCUT2D eigenvalue weighted by Gasteiger charge is -2.33. The second-order valence-corrected chi connectivity index (χ2v) is 7.24. The molecule has 178 valence electrons. The molecule has 11 nitrogen and oxygen atoms in total. The van der Waals surface area contributed by atoms with Crippen LogP contribution in [0.25, 0.3) is 0 Å². The van der Waals surface area contributed by atoms with Crippen molar-refractivity contribution in [2.45, 2.75) is 39.9 Å². The first-order valence-corrected chi connectivity index (χ1v) is 9.90. The van der Waals surface area contributed by atoms with Gasteiger partial charge in [0.2, 0.25) is 11.9 Å². The second-order valence-electron chi connectivity index (χ2n) is 7.24. The van der Waals surface area contributed by atoms with E-state index >= 15 is 0 Å². The van der Waals surface area contributed by atoms with Crippen molar-refractivity contribution in [1.82, 2.24) is 0 Å². The molecule has 1 aliphatic rings. The number of ketones is 1. The van der Waals surface area contributed by atoms with Crippen molar-refractivity contribution >= 4 is 29.7 Å². The number of ether oxygens (including phenoxy) is 5. The highest BCUT2D eigenvalue weighted by Crippen LogP contribution is 2.44. The lowest BCUT2D eigenvalue weighted by molar-refractivity contribution is -0.149. The normalized spacial score (nSPS) is 16.5. The van der Waals surface area contributed by atoms with Gasteiger partial charge in [0.1, 0.15) is 22.8 Å². The number of phenols is 1. The zero-order chi connectivity index (χ0) is 25.2. The highest BCUT2D eigenvalue weighted by molar-refractivity contribution is 6.07. The van der Waals surface area contributed by atoms with Crippen molar-refractivity contribution in [3.8, 4) is 28.7 Å². The minimum absolute atomic E-state index is 0.0636. The molecule has 0 aromatic heterocycles. The standard InChI is InChI=1S/C23H20O11/c1-10(24)30-15-8-18(32-12(3)26)20-19(9-15)34-22(23(21(20)29)33-13(4)27)14-5-6-16(28)17(7-14)31-11(2)25/h5-9,22-23,28H,1-4H3/t22-,23+/m1/s1. The Hall–Kier alpha value is -4.41. The van der Waals surface area contributed by atoms with Crippen LogP contribution in [0, 0.1) is 0 Å². The molecule has 0 saturated carbocycles. The molecule has 2 aromatic carbocycles. The first kappa shape index (κ1) is 24.2. The predicted octanol–water partition coefficient (Wildman–Crippen LogP) is 2.42. The van der Waals surface area contributed by atoms with Gasteiger partial charge >= 0.3 is 23.9 Å². The molecular formula is C23H20O11. The fourth-order valence-electron chi connectivity index (χ4n) is 3.32. The van der Waals surface area contributed by atoms with Crippen molar-refractivity contribution in [3.05, 3.63) is 41.5 Å². The maximum absolute atomic E-state index is 13.4. The van der Waals surface area contributed by atoms with Crippen molar-refractivity contribution < 1.29 is 52.8 Å². The smallest absolute Gasteiger partial charge is 0.308 e.